The standard InChI is InChI=1S/C16H19BrFNS/c1-3-5-14(19-4-2)16-9-8-15(20-16)11-6-7-12(17)13(18)10-11/h6-10,14,19H,3-5H2,1-2H3. The van der Waals surface area contributed by atoms with Crippen LogP contribution in [0.4, 0.5) is 4.39 Å². The minimum Gasteiger partial charge on any atom is -0.310 e. The van der Waals surface area contributed by atoms with E-state index in [0.29, 0.717) is 10.5 Å². The Morgan fingerprint density at radius 2 is 2.05 bits per heavy atom. The van der Waals surface area contributed by atoms with Gasteiger partial charge in [-0.15, -0.1) is 11.3 Å². The van der Waals surface area contributed by atoms with E-state index < -0.39 is 0 Å². The number of nitrogens with one attached hydrogen (secondary N) is 1. The van der Waals surface area contributed by atoms with Gasteiger partial charge in [0.15, 0.2) is 0 Å². The molecule has 1 aromatic heterocycles. The molecule has 0 fully saturated rings. The topological polar surface area (TPSA) is 12.0 Å². The molecule has 2 rings (SSSR count). The molecule has 1 N–H and O–H groups in total. The fourth-order valence-electron chi connectivity index (χ4n) is 2.22. The first-order valence-corrected chi connectivity index (χ1v) is 8.55. The highest BCUT2D eigenvalue weighted by Crippen LogP contribution is 2.34. The molecule has 0 bridgehead atoms. The Kier molecular flexibility index (Phi) is 5.75. The van der Waals surface area contributed by atoms with Gasteiger partial charge in [-0.2, -0.15) is 0 Å². The molecule has 0 aliphatic carbocycles. The van der Waals surface area contributed by atoms with E-state index in [1.54, 1.807) is 23.5 Å². The highest BCUT2D eigenvalue weighted by molar-refractivity contribution is 9.10. The minimum atomic E-state index is -0.214. The third-order valence-corrected chi connectivity index (χ3v) is 5.09. The summed E-state index contributed by atoms with van der Waals surface area (Å²) in [4.78, 5) is 2.44. The van der Waals surface area contributed by atoms with Gasteiger partial charge in [-0.1, -0.05) is 26.3 Å². The highest BCUT2D eigenvalue weighted by Gasteiger charge is 2.13. The number of thiophene rings is 1. The molecular formula is C16H19BrFNS. The van der Waals surface area contributed by atoms with Gasteiger partial charge in [-0.3, -0.25) is 0 Å². The third-order valence-electron chi connectivity index (χ3n) is 3.20. The van der Waals surface area contributed by atoms with Crippen LogP contribution in [0.3, 0.4) is 0 Å². The number of benzene rings is 1. The number of rotatable bonds is 6. The summed E-state index contributed by atoms with van der Waals surface area (Å²) in [5.74, 6) is -0.214. The third kappa shape index (κ3) is 3.68. The molecule has 0 saturated carbocycles. The zero-order valence-corrected chi connectivity index (χ0v) is 14.2. The predicted molar refractivity (Wildman–Crippen MR) is 88.7 cm³/mol. The average molecular weight is 356 g/mol. The summed E-state index contributed by atoms with van der Waals surface area (Å²) in [6.45, 7) is 5.29. The van der Waals surface area contributed by atoms with Crippen LogP contribution in [0.5, 0.6) is 0 Å². The van der Waals surface area contributed by atoms with E-state index in [1.165, 1.54) is 4.88 Å². The van der Waals surface area contributed by atoms with Gasteiger partial charge in [0.1, 0.15) is 5.82 Å². The van der Waals surface area contributed by atoms with Gasteiger partial charge in [0.2, 0.25) is 0 Å². The molecular weight excluding hydrogens is 337 g/mol. The summed E-state index contributed by atoms with van der Waals surface area (Å²) < 4.78 is 14.1. The first-order chi connectivity index (χ1) is 9.65. The molecule has 4 heteroatoms. The number of hydrogen-bond donors (Lipinski definition) is 1. The van der Waals surface area contributed by atoms with Crippen LogP contribution in [0.1, 0.15) is 37.6 Å². The van der Waals surface area contributed by atoms with Crippen LogP contribution >= 0.6 is 27.3 Å². The first-order valence-electron chi connectivity index (χ1n) is 6.94. The fourth-order valence-corrected chi connectivity index (χ4v) is 3.59. The number of halogens is 2. The van der Waals surface area contributed by atoms with E-state index in [-0.39, 0.29) is 5.82 Å². The van der Waals surface area contributed by atoms with Gasteiger partial charge in [0.05, 0.1) is 4.47 Å². The summed E-state index contributed by atoms with van der Waals surface area (Å²) in [5, 5.41) is 3.51. The molecule has 2 aromatic rings. The Morgan fingerprint density at radius 1 is 1.25 bits per heavy atom. The van der Waals surface area contributed by atoms with Crippen molar-refractivity contribution in [2.75, 3.05) is 6.54 Å². The van der Waals surface area contributed by atoms with Crippen LogP contribution in [-0.4, -0.2) is 6.54 Å². The van der Waals surface area contributed by atoms with Gasteiger partial charge in [0.25, 0.3) is 0 Å². The summed E-state index contributed by atoms with van der Waals surface area (Å²) in [5.41, 5.74) is 0.939. The van der Waals surface area contributed by atoms with Gasteiger partial charge in [-0.25, -0.2) is 4.39 Å². The molecule has 1 aromatic carbocycles. The van der Waals surface area contributed by atoms with Crippen molar-refractivity contribution in [2.24, 2.45) is 0 Å². The van der Waals surface area contributed by atoms with Crippen LogP contribution in [0.15, 0.2) is 34.8 Å². The van der Waals surface area contributed by atoms with Gasteiger partial charge < -0.3 is 5.32 Å². The molecule has 1 atom stereocenters. The summed E-state index contributed by atoms with van der Waals surface area (Å²) >= 11 is 4.93. The maximum Gasteiger partial charge on any atom is 0.138 e. The largest absolute Gasteiger partial charge is 0.310 e. The van der Waals surface area contributed by atoms with E-state index in [4.69, 9.17) is 0 Å². The van der Waals surface area contributed by atoms with Crippen LogP contribution in [0, 0.1) is 5.82 Å². The monoisotopic (exact) mass is 355 g/mol. The maximum atomic E-state index is 13.6. The predicted octanol–water partition coefficient (Wildman–Crippen LogP) is 5.77. The summed E-state index contributed by atoms with van der Waals surface area (Å²) in [6, 6.07) is 9.94. The van der Waals surface area contributed by atoms with Crippen LogP contribution in [0.2, 0.25) is 0 Å². The fraction of sp³-hybridized carbons (Fsp3) is 0.375. The van der Waals surface area contributed by atoms with E-state index >= 15 is 0 Å². The quantitative estimate of drug-likeness (QED) is 0.693. The molecule has 1 heterocycles. The molecule has 1 nitrogen and oxygen atoms in total. The molecule has 108 valence electrons. The second-order valence-corrected chi connectivity index (χ2v) is 6.70. The molecule has 0 radical (unpaired) electrons. The highest BCUT2D eigenvalue weighted by atomic mass is 79.9. The van der Waals surface area contributed by atoms with E-state index in [1.807, 2.05) is 6.07 Å². The molecule has 0 aliphatic rings. The lowest BCUT2D eigenvalue weighted by Gasteiger charge is -2.15. The normalized spacial score (nSPS) is 12.6. The lowest BCUT2D eigenvalue weighted by atomic mass is 10.1. The van der Waals surface area contributed by atoms with Gasteiger partial charge in [-0.05, 0) is 58.7 Å². The van der Waals surface area contributed by atoms with Crippen molar-refractivity contribution in [1.29, 1.82) is 0 Å². The lowest BCUT2D eigenvalue weighted by Crippen LogP contribution is -2.19. The van der Waals surface area contributed by atoms with Gasteiger partial charge >= 0.3 is 0 Å². The molecule has 0 aliphatic heterocycles. The first kappa shape index (κ1) is 15.7. The second-order valence-electron chi connectivity index (χ2n) is 4.73. The number of hydrogen-bond acceptors (Lipinski definition) is 2. The van der Waals surface area contributed by atoms with Gasteiger partial charge in [0, 0.05) is 15.8 Å². The molecule has 1 unspecified atom stereocenters. The van der Waals surface area contributed by atoms with Crippen molar-refractivity contribution < 1.29 is 4.39 Å². The lowest BCUT2D eigenvalue weighted by molar-refractivity contribution is 0.516. The zero-order chi connectivity index (χ0) is 14.5. The van der Waals surface area contributed by atoms with Crippen molar-refractivity contribution in [3.8, 4) is 10.4 Å². The Labute approximate surface area is 132 Å². The second kappa shape index (κ2) is 7.34. The van der Waals surface area contributed by atoms with Crippen LogP contribution < -0.4 is 5.32 Å². The Bertz CT molecular complexity index is 561. The van der Waals surface area contributed by atoms with Crippen LogP contribution in [0.25, 0.3) is 10.4 Å². The maximum absolute atomic E-state index is 13.6. The average Bonchev–Trinajstić information content (AvgIpc) is 2.91. The summed E-state index contributed by atoms with van der Waals surface area (Å²) in [7, 11) is 0. The van der Waals surface area contributed by atoms with Crippen molar-refractivity contribution in [1.82, 2.24) is 5.32 Å². The Hall–Kier alpha value is -0.710. The van der Waals surface area contributed by atoms with Crippen LogP contribution in [-0.2, 0) is 0 Å². The van der Waals surface area contributed by atoms with Crippen molar-refractivity contribution >= 4 is 27.3 Å². The smallest absolute Gasteiger partial charge is 0.138 e. The molecule has 0 spiro atoms. The summed E-state index contributed by atoms with van der Waals surface area (Å²) in [6.07, 6.45) is 2.28. The zero-order valence-electron chi connectivity index (χ0n) is 11.7. The Morgan fingerprint density at radius 3 is 2.70 bits per heavy atom. The molecule has 0 amide bonds. The van der Waals surface area contributed by atoms with E-state index in [2.05, 4.69) is 47.2 Å². The Balaban J connectivity index is 2.24. The molecule has 0 saturated heterocycles. The van der Waals surface area contributed by atoms with E-state index in [9.17, 15) is 4.39 Å². The van der Waals surface area contributed by atoms with E-state index in [0.717, 1.165) is 29.8 Å². The SMILES string of the molecule is CCCC(NCC)c1ccc(-c2ccc(Br)c(F)c2)s1. The molecule has 20 heavy (non-hydrogen) atoms. The van der Waals surface area contributed by atoms with Crippen molar-refractivity contribution in [2.45, 2.75) is 32.7 Å². The van der Waals surface area contributed by atoms with Crippen molar-refractivity contribution in [3.63, 3.8) is 0 Å². The van der Waals surface area contributed by atoms with Crippen molar-refractivity contribution in [3.05, 3.63) is 45.5 Å². The minimum absolute atomic E-state index is 0.214.